The molecule has 48 valence electrons. The summed E-state index contributed by atoms with van der Waals surface area (Å²) in [4.78, 5) is 2.08. The molecule has 1 rings (SSSR count). The quantitative estimate of drug-likeness (QED) is 0.496. The maximum absolute atomic E-state index is 12.6. The van der Waals surface area contributed by atoms with Gasteiger partial charge in [0.15, 0.2) is 0 Å². The zero-order chi connectivity index (χ0) is 6.20. The number of nitrogens with zero attached hydrogens (tertiary/aromatic N) is 1. The van der Waals surface area contributed by atoms with E-state index in [1.807, 2.05) is 0 Å². The molecule has 1 saturated heterocycles. The summed E-state index contributed by atoms with van der Waals surface area (Å²) in [6.45, 7) is 5.95. The van der Waals surface area contributed by atoms with Gasteiger partial charge in [-0.15, -0.1) is 0 Å². The van der Waals surface area contributed by atoms with Crippen molar-refractivity contribution in [2.45, 2.75) is 19.5 Å². The number of likely N-dealkylation sites (tertiary alicyclic amines) is 1. The maximum atomic E-state index is 12.6. The van der Waals surface area contributed by atoms with Crippen molar-refractivity contribution in [1.82, 2.24) is 4.90 Å². The van der Waals surface area contributed by atoms with Crippen molar-refractivity contribution in [3.05, 3.63) is 0 Å². The minimum absolute atomic E-state index is 0.628. The fourth-order valence-electron chi connectivity index (χ4n) is 1.11. The molecule has 0 aromatic carbocycles. The third-order valence-electron chi connectivity index (χ3n) is 1.55. The lowest BCUT2D eigenvalue weighted by Gasteiger charge is -2.41. The van der Waals surface area contributed by atoms with Gasteiger partial charge in [-0.2, -0.15) is 0 Å². The van der Waals surface area contributed by atoms with Crippen LogP contribution in [0.15, 0.2) is 0 Å². The van der Waals surface area contributed by atoms with Crippen LogP contribution in [0.3, 0.4) is 0 Å². The van der Waals surface area contributed by atoms with Crippen LogP contribution in [-0.2, 0) is 0 Å². The first-order valence-corrected chi connectivity index (χ1v) is 3.05. The molecule has 0 radical (unpaired) electrons. The van der Waals surface area contributed by atoms with Crippen LogP contribution < -0.4 is 0 Å². The molecule has 0 aliphatic carbocycles. The molecule has 1 heterocycles. The number of halogens is 1. The van der Waals surface area contributed by atoms with Crippen molar-refractivity contribution in [2.24, 2.45) is 0 Å². The Hall–Kier alpha value is -0.110. The van der Waals surface area contributed by atoms with Crippen LogP contribution in [0, 0.1) is 0 Å². The third kappa shape index (κ3) is 0.996. The van der Waals surface area contributed by atoms with Gasteiger partial charge in [-0.3, -0.25) is 4.90 Å². The highest BCUT2D eigenvalue weighted by Gasteiger charge is 2.37. The molecule has 0 aromatic rings. The van der Waals surface area contributed by atoms with Crippen LogP contribution >= 0.6 is 0 Å². The lowest BCUT2D eigenvalue weighted by Crippen LogP contribution is -2.56. The van der Waals surface area contributed by atoms with E-state index in [9.17, 15) is 4.39 Å². The maximum Gasteiger partial charge on any atom is 0.133 e. The second-order valence-corrected chi connectivity index (χ2v) is 2.72. The van der Waals surface area contributed by atoms with Crippen molar-refractivity contribution in [3.63, 3.8) is 0 Å². The molecule has 2 heteroatoms. The molecular formula is C6H12FN. The van der Waals surface area contributed by atoms with Gasteiger partial charge < -0.3 is 0 Å². The first-order chi connectivity index (χ1) is 3.64. The molecule has 0 saturated carbocycles. The van der Waals surface area contributed by atoms with Crippen LogP contribution in [0.4, 0.5) is 4.39 Å². The Bertz CT molecular complexity index is 82.5. The van der Waals surface area contributed by atoms with E-state index in [4.69, 9.17) is 0 Å². The summed E-state index contributed by atoms with van der Waals surface area (Å²) in [6, 6.07) is 0. The highest BCUT2D eigenvalue weighted by Crippen LogP contribution is 2.23. The summed E-state index contributed by atoms with van der Waals surface area (Å²) < 4.78 is 12.6. The Morgan fingerprint density at radius 1 is 1.62 bits per heavy atom. The van der Waals surface area contributed by atoms with Crippen molar-refractivity contribution in [2.75, 3.05) is 19.6 Å². The van der Waals surface area contributed by atoms with Crippen molar-refractivity contribution < 1.29 is 4.39 Å². The third-order valence-corrected chi connectivity index (χ3v) is 1.55. The van der Waals surface area contributed by atoms with Crippen LogP contribution in [0.25, 0.3) is 0 Å². The van der Waals surface area contributed by atoms with E-state index >= 15 is 0 Å². The Balaban J connectivity index is 2.21. The van der Waals surface area contributed by atoms with Gasteiger partial charge in [0.2, 0.25) is 0 Å². The van der Waals surface area contributed by atoms with Gasteiger partial charge in [-0.1, -0.05) is 6.92 Å². The van der Waals surface area contributed by atoms with Gasteiger partial charge in [0.25, 0.3) is 0 Å². The largest absolute Gasteiger partial charge is 0.297 e. The predicted molar refractivity (Wildman–Crippen MR) is 31.6 cm³/mol. The van der Waals surface area contributed by atoms with E-state index in [-0.39, 0.29) is 0 Å². The molecular weight excluding hydrogens is 105 g/mol. The predicted octanol–water partition coefficient (Wildman–Crippen LogP) is 1.05. The van der Waals surface area contributed by atoms with Gasteiger partial charge in [-0.25, -0.2) is 4.39 Å². The lowest BCUT2D eigenvalue weighted by molar-refractivity contribution is -0.0135. The molecule has 0 amide bonds. The molecule has 0 unspecified atom stereocenters. The van der Waals surface area contributed by atoms with Gasteiger partial charge >= 0.3 is 0 Å². The Morgan fingerprint density at radius 2 is 2.12 bits per heavy atom. The second kappa shape index (κ2) is 1.69. The SMILES string of the molecule is CCN1CC(C)(F)C1. The first kappa shape index (κ1) is 6.02. The van der Waals surface area contributed by atoms with Gasteiger partial charge in [0.1, 0.15) is 5.67 Å². The summed E-state index contributed by atoms with van der Waals surface area (Å²) in [5.74, 6) is 0. The Kier molecular flexibility index (Phi) is 1.27. The van der Waals surface area contributed by atoms with E-state index in [0.717, 1.165) is 6.54 Å². The molecule has 1 aliphatic rings. The number of alkyl halides is 1. The van der Waals surface area contributed by atoms with E-state index < -0.39 is 5.67 Å². The van der Waals surface area contributed by atoms with Crippen molar-refractivity contribution in [1.29, 1.82) is 0 Å². The molecule has 1 fully saturated rings. The van der Waals surface area contributed by atoms with Gasteiger partial charge in [0, 0.05) is 13.1 Å². The van der Waals surface area contributed by atoms with E-state index in [1.54, 1.807) is 6.92 Å². The molecule has 0 N–H and O–H groups in total. The molecule has 0 atom stereocenters. The smallest absolute Gasteiger partial charge is 0.133 e. The zero-order valence-electron chi connectivity index (χ0n) is 5.45. The Labute approximate surface area is 49.5 Å². The van der Waals surface area contributed by atoms with E-state index in [2.05, 4.69) is 11.8 Å². The molecule has 1 nitrogen and oxygen atoms in total. The van der Waals surface area contributed by atoms with Crippen LogP contribution in [0.1, 0.15) is 13.8 Å². The summed E-state index contributed by atoms with van der Waals surface area (Å²) in [6.07, 6.45) is 0. The molecule has 0 bridgehead atoms. The fourth-order valence-corrected chi connectivity index (χ4v) is 1.11. The zero-order valence-corrected chi connectivity index (χ0v) is 5.45. The number of hydrogen-bond donors (Lipinski definition) is 0. The lowest BCUT2D eigenvalue weighted by atomic mass is 10.00. The topological polar surface area (TPSA) is 3.24 Å². The highest BCUT2D eigenvalue weighted by atomic mass is 19.1. The number of rotatable bonds is 1. The van der Waals surface area contributed by atoms with E-state index in [1.165, 1.54) is 0 Å². The fraction of sp³-hybridized carbons (Fsp3) is 1.00. The minimum atomic E-state index is -0.879. The minimum Gasteiger partial charge on any atom is -0.297 e. The van der Waals surface area contributed by atoms with Gasteiger partial charge in [-0.05, 0) is 13.5 Å². The molecule has 0 aromatic heterocycles. The average Bonchev–Trinajstić information content (AvgIpc) is 1.60. The van der Waals surface area contributed by atoms with Crippen LogP contribution in [0.5, 0.6) is 0 Å². The van der Waals surface area contributed by atoms with Crippen molar-refractivity contribution >= 4 is 0 Å². The molecule has 1 aliphatic heterocycles. The number of hydrogen-bond acceptors (Lipinski definition) is 1. The van der Waals surface area contributed by atoms with E-state index in [0.29, 0.717) is 13.1 Å². The highest BCUT2D eigenvalue weighted by molar-refractivity contribution is 4.90. The van der Waals surface area contributed by atoms with Crippen LogP contribution in [-0.4, -0.2) is 30.2 Å². The summed E-state index contributed by atoms with van der Waals surface area (Å²) >= 11 is 0. The summed E-state index contributed by atoms with van der Waals surface area (Å²) in [7, 11) is 0. The normalized spacial score (nSPS) is 27.4. The Morgan fingerprint density at radius 3 is 2.25 bits per heavy atom. The molecule has 8 heavy (non-hydrogen) atoms. The van der Waals surface area contributed by atoms with Crippen molar-refractivity contribution in [3.8, 4) is 0 Å². The monoisotopic (exact) mass is 117 g/mol. The average molecular weight is 117 g/mol. The first-order valence-electron chi connectivity index (χ1n) is 3.05. The standard InChI is InChI=1S/C6H12FN/c1-3-8-4-6(2,7)5-8/h3-5H2,1-2H3. The molecule has 0 spiro atoms. The second-order valence-electron chi connectivity index (χ2n) is 2.72. The van der Waals surface area contributed by atoms with Crippen LogP contribution in [0.2, 0.25) is 0 Å². The van der Waals surface area contributed by atoms with Gasteiger partial charge in [0.05, 0.1) is 0 Å². The summed E-state index contributed by atoms with van der Waals surface area (Å²) in [5.41, 5.74) is -0.879. The summed E-state index contributed by atoms with van der Waals surface area (Å²) in [5, 5.41) is 0.